The summed E-state index contributed by atoms with van der Waals surface area (Å²) >= 11 is 0. The zero-order valence-corrected chi connectivity index (χ0v) is 10.4. The summed E-state index contributed by atoms with van der Waals surface area (Å²) < 4.78 is 5.40. The summed E-state index contributed by atoms with van der Waals surface area (Å²) in [4.78, 5) is 10.7. The van der Waals surface area contributed by atoms with E-state index in [4.69, 9.17) is 9.84 Å². The van der Waals surface area contributed by atoms with Crippen LogP contribution in [0.4, 0.5) is 0 Å². The second-order valence-corrected chi connectivity index (χ2v) is 5.04. The molecule has 0 aromatic heterocycles. The second-order valence-electron chi connectivity index (χ2n) is 5.04. The molecule has 2 N–H and O–H groups in total. The number of carboxylic acid groups (broad SMARTS) is 1. The van der Waals surface area contributed by atoms with Gasteiger partial charge < -0.3 is 15.2 Å². The molecule has 1 rings (SSSR count). The highest BCUT2D eigenvalue weighted by Gasteiger charge is 2.29. The average Bonchev–Trinajstić information content (AvgIpc) is 2.66. The topological polar surface area (TPSA) is 58.6 Å². The van der Waals surface area contributed by atoms with E-state index in [0.29, 0.717) is 18.3 Å². The Hall–Kier alpha value is -0.610. The molecule has 3 atom stereocenters. The number of hydrogen-bond acceptors (Lipinski definition) is 3. The number of nitrogens with one attached hydrogen (secondary N) is 1. The molecular formula is C12H23NO3. The van der Waals surface area contributed by atoms with Gasteiger partial charge in [0.25, 0.3) is 0 Å². The maximum absolute atomic E-state index is 10.7. The van der Waals surface area contributed by atoms with Gasteiger partial charge in [-0.15, -0.1) is 0 Å². The number of carboxylic acids is 1. The van der Waals surface area contributed by atoms with Crippen molar-refractivity contribution in [1.82, 2.24) is 5.32 Å². The Morgan fingerprint density at radius 2 is 2.12 bits per heavy atom. The van der Waals surface area contributed by atoms with Gasteiger partial charge in [-0.25, -0.2) is 4.79 Å². The zero-order valence-electron chi connectivity index (χ0n) is 10.4. The van der Waals surface area contributed by atoms with Crippen molar-refractivity contribution in [2.75, 3.05) is 13.1 Å². The van der Waals surface area contributed by atoms with Crippen molar-refractivity contribution >= 4 is 5.97 Å². The fourth-order valence-corrected chi connectivity index (χ4v) is 1.75. The summed E-state index contributed by atoms with van der Waals surface area (Å²) in [5.41, 5.74) is 0. The van der Waals surface area contributed by atoms with Gasteiger partial charge in [0.15, 0.2) is 6.10 Å². The fourth-order valence-electron chi connectivity index (χ4n) is 1.75. The third kappa shape index (κ3) is 4.10. The number of ether oxygens (including phenoxy) is 1. The first-order valence-corrected chi connectivity index (χ1v) is 6.09. The van der Waals surface area contributed by atoms with E-state index in [9.17, 15) is 4.79 Å². The van der Waals surface area contributed by atoms with E-state index in [-0.39, 0.29) is 6.10 Å². The monoisotopic (exact) mass is 229 g/mol. The van der Waals surface area contributed by atoms with Gasteiger partial charge in [0.1, 0.15) is 0 Å². The number of hydrogen-bond donors (Lipinski definition) is 2. The van der Waals surface area contributed by atoms with Crippen LogP contribution < -0.4 is 5.32 Å². The van der Waals surface area contributed by atoms with Crippen molar-refractivity contribution in [1.29, 1.82) is 0 Å². The minimum atomic E-state index is -0.835. The van der Waals surface area contributed by atoms with Crippen molar-refractivity contribution < 1.29 is 14.6 Å². The maximum Gasteiger partial charge on any atom is 0.332 e. The molecule has 1 aliphatic rings. The third-order valence-corrected chi connectivity index (χ3v) is 3.36. The second kappa shape index (κ2) is 6.21. The minimum Gasteiger partial charge on any atom is -0.479 e. The van der Waals surface area contributed by atoms with Gasteiger partial charge >= 0.3 is 5.97 Å². The molecule has 0 aromatic rings. The highest BCUT2D eigenvalue weighted by Crippen LogP contribution is 2.19. The molecule has 0 aliphatic carbocycles. The van der Waals surface area contributed by atoms with E-state index >= 15 is 0 Å². The lowest BCUT2D eigenvalue weighted by Gasteiger charge is -2.18. The van der Waals surface area contributed by atoms with Crippen molar-refractivity contribution in [3.63, 3.8) is 0 Å². The average molecular weight is 229 g/mol. The number of aliphatic carboxylic acids is 1. The Morgan fingerprint density at radius 3 is 2.62 bits per heavy atom. The standard InChI is InChI=1S/C12H23NO3/c1-8(2)9(3)6-13-7-10-4-5-11(16-10)12(14)15/h8-11,13H,4-7H2,1-3H3,(H,14,15). The summed E-state index contributed by atoms with van der Waals surface area (Å²) in [6.45, 7) is 8.36. The van der Waals surface area contributed by atoms with Crippen LogP contribution in [0.3, 0.4) is 0 Å². The smallest absolute Gasteiger partial charge is 0.332 e. The SMILES string of the molecule is CC(C)C(C)CNCC1CCC(C(=O)O)O1. The van der Waals surface area contributed by atoms with Crippen LogP contribution in [0.25, 0.3) is 0 Å². The molecule has 0 bridgehead atoms. The van der Waals surface area contributed by atoms with Gasteiger partial charge in [0.05, 0.1) is 6.10 Å². The third-order valence-electron chi connectivity index (χ3n) is 3.36. The molecule has 4 heteroatoms. The van der Waals surface area contributed by atoms with E-state index in [1.807, 2.05) is 0 Å². The molecule has 4 nitrogen and oxygen atoms in total. The lowest BCUT2D eigenvalue weighted by molar-refractivity contribution is -0.149. The molecule has 1 aliphatic heterocycles. The van der Waals surface area contributed by atoms with E-state index in [1.54, 1.807) is 0 Å². The van der Waals surface area contributed by atoms with Crippen molar-refractivity contribution in [2.45, 2.75) is 45.8 Å². The molecule has 94 valence electrons. The molecule has 0 amide bonds. The molecule has 1 heterocycles. The van der Waals surface area contributed by atoms with Gasteiger partial charge in [-0.2, -0.15) is 0 Å². The summed E-state index contributed by atoms with van der Waals surface area (Å²) in [6, 6.07) is 0. The van der Waals surface area contributed by atoms with Crippen LogP contribution in [-0.2, 0) is 9.53 Å². The number of carbonyl (C=O) groups is 1. The molecule has 1 saturated heterocycles. The first-order chi connectivity index (χ1) is 7.50. The molecule has 0 saturated carbocycles. The van der Waals surface area contributed by atoms with Gasteiger partial charge in [-0.05, 0) is 31.2 Å². The molecule has 1 fully saturated rings. The predicted molar refractivity (Wildman–Crippen MR) is 62.4 cm³/mol. The first kappa shape index (κ1) is 13.5. The quantitative estimate of drug-likeness (QED) is 0.724. The van der Waals surface area contributed by atoms with E-state index in [1.165, 1.54) is 0 Å². The van der Waals surface area contributed by atoms with Crippen molar-refractivity contribution in [2.24, 2.45) is 11.8 Å². The van der Waals surface area contributed by atoms with E-state index in [0.717, 1.165) is 19.5 Å². The molecule has 0 radical (unpaired) electrons. The molecule has 0 aromatic carbocycles. The Morgan fingerprint density at radius 1 is 1.44 bits per heavy atom. The van der Waals surface area contributed by atoms with Crippen LogP contribution in [0.2, 0.25) is 0 Å². The van der Waals surface area contributed by atoms with E-state index in [2.05, 4.69) is 26.1 Å². The summed E-state index contributed by atoms with van der Waals surface area (Å²) in [5, 5.41) is 12.1. The van der Waals surface area contributed by atoms with Gasteiger partial charge in [0, 0.05) is 6.54 Å². The van der Waals surface area contributed by atoms with Crippen LogP contribution in [0.15, 0.2) is 0 Å². The molecule has 3 unspecified atom stereocenters. The van der Waals surface area contributed by atoms with Crippen LogP contribution in [0.1, 0.15) is 33.6 Å². The van der Waals surface area contributed by atoms with Gasteiger partial charge in [-0.3, -0.25) is 0 Å². The predicted octanol–water partition coefficient (Wildman–Crippen LogP) is 1.50. The normalized spacial score (nSPS) is 27.2. The van der Waals surface area contributed by atoms with Gasteiger partial charge in [0.2, 0.25) is 0 Å². The molecule has 0 spiro atoms. The highest BCUT2D eigenvalue weighted by atomic mass is 16.5. The first-order valence-electron chi connectivity index (χ1n) is 6.09. The number of rotatable bonds is 6. The summed E-state index contributed by atoms with van der Waals surface area (Å²) in [6.07, 6.45) is 0.969. The van der Waals surface area contributed by atoms with Crippen molar-refractivity contribution in [3.8, 4) is 0 Å². The minimum absolute atomic E-state index is 0.0699. The lowest BCUT2D eigenvalue weighted by Crippen LogP contribution is -2.32. The van der Waals surface area contributed by atoms with Crippen LogP contribution in [0.5, 0.6) is 0 Å². The fraction of sp³-hybridized carbons (Fsp3) is 0.917. The largest absolute Gasteiger partial charge is 0.479 e. The summed E-state index contributed by atoms with van der Waals surface area (Å²) in [7, 11) is 0. The highest BCUT2D eigenvalue weighted by molar-refractivity contribution is 5.72. The van der Waals surface area contributed by atoms with Crippen molar-refractivity contribution in [3.05, 3.63) is 0 Å². The molecule has 16 heavy (non-hydrogen) atoms. The Balaban J connectivity index is 2.13. The lowest BCUT2D eigenvalue weighted by atomic mass is 9.98. The van der Waals surface area contributed by atoms with Crippen LogP contribution in [-0.4, -0.2) is 36.4 Å². The Kier molecular flexibility index (Phi) is 5.22. The summed E-state index contributed by atoms with van der Waals surface area (Å²) in [5.74, 6) is 0.471. The van der Waals surface area contributed by atoms with E-state index < -0.39 is 12.1 Å². The zero-order chi connectivity index (χ0) is 12.1. The molecular weight excluding hydrogens is 206 g/mol. The Labute approximate surface area is 97.4 Å². The Bertz CT molecular complexity index is 230. The maximum atomic E-state index is 10.7. The van der Waals surface area contributed by atoms with Gasteiger partial charge in [-0.1, -0.05) is 20.8 Å². The van der Waals surface area contributed by atoms with Crippen LogP contribution >= 0.6 is 0 Å². The van der Waals surface area contributed by atoms with Crippen LogP contribution in [0, 0.1) is 11.8 Å².